The Morgan fingerprint density at radius 1 is 1.73 bits per heavy atom. The fraction of sp³-hybridized carbons (Fsp3) is 0.571. The van der Waals surface area contributed by atoms with Crippen LogP contribution < -0.4 is 0 Å². The standard InChI is InChI=1S/C7H10N4/c1-2-5-11-6-7(3-4-8)9-10-11/h6H,2-3,5H2,1H3. The molecule has 0 bridgehead atoms. The van der Waals surface area contributed by atoms with Gasteiger partial charge in [0.25, 0.3) is 0 Å². The zero-order chi connectivity index (χ0) is 8.10. The Morgan fingerprint density at radius 3 is 3.18 bits per heavy atom. The van der Waals surface area contributed by atoms with Crippen molar-refractivity contribution >= 4 is 0 Å². The van der Waals surface area contributed by atoms with Crippen molar-refractivity contribution in [2.45, 2.75) is 26.3 Å². The molecule has 1 heterocycles. The SMILES string of the molecule is CCCn1cc(CC#N)nn1. The Hall–Kier alpha value is -1.37. The zero-order valence-corrected chi connectivity index (χ0v) is 6.49. The first kappa shape index (κ1) is 7.73. The minimum atomic E-state index is 0.351. The predicted molar refractivity (Wildman–Crippen MR) is 39.6 cm³/mol. The number of aromatic nitrogens is 3. The second-order valence-corrected chi connectivity index (χ2v) is 2.31. The first-order valence-electron chi connectivity index (χ1n) is 3.62. The lowest BCUT2D eigenvalue weighted by Crippen LogP contribution is -1.96. The molecule has 0 unspecified atom stereocenters. The molecular weight excluding hydrogens is 140 g/mol. The summed E-state index contributed by atoms with van der Waals surface area (Å²) >= 11 is 0. The largest absolute Gasteiger partial charge is 0.252 e. The maximum atomic E-state index is 8.33. The summed E-state index contributed by atoms with van der Waals surface area (Å²) in [5, 5.41) is 16.0. The van der Waals surface area contributed by atoms with E-state index in [1.54, 1.807) is 4.68 Å². The van der Waals surface area contributed by atoms with Crippen LogP contribution in [0.4, 0.5) is 0 Å². The van der Waals surface area contributed by atoms with Crippen LogP contribution in [0, 0.1) is 11.3 Å². The van der Waals surface area contributed by atoms with Crippen molar-refractivity contribution in [3.8, 4) is 6.07 Å². The van der Waals surface area contributed by atoms with Gasteiger partial charge in [0, 0.05) is 12.7 Å². The zero-order valence-electron chi connectivity index (χ0n) is 6.49. The van der Waals surface area contributed by atoms with Gasteiger partial charge in [0.15, 0.2) is 0 Å². The van der Waals surface area contributed by atoms with Crippen LogP contribution in [-0.4, -0.2) is 15.0 Å². The van der Waals surface area contributed by atoms with Gasteiger partial charge >= 0.3 is 0 Å². The van der Waals surface area contributed by atoms with Crippen molar-refractivity contribution in [1.82, 2.24) is 15.0 Å². The normalized spacial score (nSPS) is 9.45. The topological polar surface area (TPSA) is 54.5 Å². The van der Waals surface area contributed by atoms with E-state index >= 15 is 0 Å². The first-order chi connectivity index (χ1) is 5.36. The summed E-state index contributed by atoms with van der Waals surface area (Å²) < 4.78 is 1.76. The quantitative estimate of drug-likeness (QED) is 0.639. The Labute approximate surface area is 65.4 Å². The molecule has 0 saturated heterocycles. The van der Waals surface area contributed by atoms with E-state index < -0.39 is 0 Å². The number of hydrogen-bond acceptors (Lipinski definition) is 3. The molecule has 0 atom stereocenters. The Bertz CT molecular complexity index is 258. The van der Waals surface area contributed by atoms with E-state index in [0.717, 1.165) is 18.7 Å². The maximum absolute atomic E-state index is 8.33. The van der Waals surface area contributed by atoms with E-state index in [2.05, 4.69) is 17.2 Å². The molecule has 0 radical (unpaired) electrons. The Balaban J connectivity index is 2.60. The number of hydrogen-bond donors (Lipinski definition) is 0. The summed E-state index contributed by atoms with van der Waals surface area (Å²) in [5.41, 5.74) is 0.751. The van der Waals surface area contributed by atoms with Crippen molar-refractivity contribution in [2.75, 3.05) is 0 Å². The second kappa shape index (κ2) is 3.71. The summed E-state index contributed by atoms with van der Waals surface area (Å²) in [7, 11) is 0. The van der Waals surface area contributed by atoms with Gasteiger partial charge in [0.2, 0.25) is 0 Å². The lowest BCUT2D eigenvalue weighted by Gasteiger charge is -1.91. The van der Waals surface area contributed by atoms with E-state index in [1.807, 2.05) is 12.3 Å². The number of aryl methyl sites for hydroxylation is 1. The molecule has 58 valence electrons. The van der Waals surface area contributed by atoms with E-state index in [9.17, 15) is 0 Å². The van der Waals surface area contributed by atoms with Crippen molar-refractivity contribution < 1.29 is 0 Å². The monoisotopic (exact) mass is 150 g/mol. The first-order valence-corrected chi connectivity index (χ1v) is 3.62. The fourth-order valence-corrected chi connectivity index (χ4v) is 0.839. The minimum Gasteiger partial charge on any atom is -0.252 e. The van der Waals surface area contributed by atoms with E-state index in [0.29, 0.717) is 6.42 Å². The third-order valence-corrected chi connectivity index (χ3v) is 1.30. The highest BCUT2D eigenvalue weighted by Crippen LogP contribution is 1.94. The van der Waals surface area contributed by atoms with Gasteiger partial charge in [-0.1, -0.05) is 12.1 Å². The molecule has 0 N–H and O–H groups in total. The van der Waals surface area contributed by atoms with Gasteiger partial charge < -0.3 is 0 Å². The molecule has 0 spiro atoms. The molecule has 4 nitrogen and oxygen atoms in total. The van der Waals surface area contributed by atoms with E-state index in [1.165, 1.54) is 0 Å². The fourth-order valence-electron chi connectivity index (χ4n) is 0.839. The molecule has 1 aromatic heterocycles. The highest BCUT2D eigenvalue weighted by atomic mass is 15.4. The number of rotatable bonds is 3. The molecular formula is C7H10N4. The summed E-state index contributed by atoms with van der Waals surface area (Å²) in [5.74, 6) is 0. The lowest BCUT2D eigenvalue weighted by molar-refractivity contribution is 0.579. The molecule has 0 aliphatic carbocycles. The summed E-state index contributed by atoms with van der Waals surface area (Å²) in [4.78, 5) is 0. The molecule has 0 saturated carbocycles. The third kappa shape index (κ3) is 2.04. The van der Waals surface area contributed by atoms with Crippen LogP contribution in [-0.2, 0) is 13.0 Å². The molecule has 0 aliphatic rings. The van der Waals surface area contributed by atoms with Crippen LogP contribution in [0.2, 0.25) is 0 Å². The van der Waals surface area contributed by atoms with Gasteiger partial charge in [-0.15, -0.1) is 5.10 Å². The number of nitrogens with zero attached hydrogens (tertiary/aromatic N) is 4. The van der Waals surface area contributed by atoms with Gasteiger partial charge in [-0.2, -0.15) is 5.26 Å². The number of nitriles is 1. The molecule has 0 amide bonds. The smallest absolute Gasteiger partial charge is 0.0967 e. The van der Waals surface area contributed by atoms with Gasteiger partial charge in [0.1, 0.15) is 0 Å². The van der Waals surface area contributed by atoms with Crippen LogP contribution in [0.25, 0.3) is 0 Å². The van der Waals surface area contributed by atoms with Crippen LogP contribution in [0.15, 0.2) is 6.20 Å². The highest BCUT2D eigenvalue weighted by Gasteiger charge is 1.97. The Morgan fingerprint density at radius 2 is 2.55 bits per heavy atom. The van der Waals surface area contributed by atoms with Gasteiger partial charge in [-0.25, -0.2) is 0 Å². The lowest BCUT2D eigenvalue weighted by atomic mass is 10.4. The summed E-state index contributed by atoms with van der Waals surface area (Å²) in [6, 6.07) is 2.02. The maximum Gasteiger partial charge on any atom is 0.0967 e. The molecule has 4 heteroatoms. The van der Waals surface area contributed by atoms with Gasteiger partial charge in [-0.3, -0.25) is 4.68 Å². The average Bonchev–Trinajstić information content (AvgIpc) is 2.38. The molecule has 11 heavy (non-hydrogen) atoms. The van der Waals surface area contributed by atoms with E-state index in [-0.39, 0.29) is 0 Å². The minimum absolute atomic E-state index is 0.351. The molecule has 1 rings (SSSR count). The molecule has 0 aliphatic heterocycles. The highest BCUT2D eigenvalue weighted by molar-refractivity contribution is 4.99. The second-order valence-electron chi connectivity index (χ2n) is 2.31. The van der Waals surface area contributed by atoms with Crippen LogP contribution in [0.5, 0.6) is 0 Å². The van der Waals surface area contributed by atoms with Crippen LogP contribution >= 0.6 is 0 Å². The van der Waals surface area contributed by atoms with Crippen molar-refractivity contribution in [2.24, 2.45) is 0 Å². The van der Waals surface area contributed by atoms with Gasteiger partial charge in [0.05, 0.1) is 18.2 Å². The van der Waals surface area contributed by atoms with Crippen molar-refractivity contribution in [3.63, 3.8) is 0 Å². The molecule has 0 aromatic carbocycles. The Kier molecular flexibility index (Phi) is 2.61. The summed E-state index contributed by atoms with van der Waals surface area (Å²) in [6.07, 6.45) is 3.20. The van der Waals surface area contributed by atoms with E-state index in [4.69, 9.17) is 5.26 Å². The third-order valence-electron chi connectivity index (χ3n) is 1.30. The average molecular weight is 150 g/mol. The van der Waals surface area contributed by atoms with Crippen LogP contribution in [0.3, 0.4) is 0 Å². The van der Waals surface area contributed by atoms with Gasteiger partial charge in [-0.05, 0) is 6.42 Å². The van der Waals surface area contributed by atoms with Crippen molar-refractivity contribution in [1.29, 1.82) is 5.26 Å². The predicted octanol–water partition coefficient (Wildman–Crippen LogP) is 0.754. The van der Waals surface area contributed by atoms with Crippen LogP contribution in [0.1, 0.15) is 19.0 Å². The molecule has 1 aromatic rings. The van der Waals surface area contributed by atoms with Crippen molar-refractivity contribution in [3.05, 3.63) is 11.9 Å². The summed E-state index contributed by atoms with van der Waals surface area (Å²) in [6.45, 7) is 2.95. The molecule has 0 fully saturated rings.